The van der Waals surface area contributed by atoms with Crippen LogP contribution in [0.25, 0.3) is 0 Å². The summed E-state index contributed by atoms with van der Waals surface area (Å²) in [5.74, 6) is -1.00. The lowest BCUT2D eigenvalue weighted by atomic mass is 10.1. The van der Waals surface area contributed by atoms with Gasteiger partial charge in [0.1, 0.15) is 10.5 Å². The molecule has 0 radical (unpaired) electrons. The van der Waals surface area contributed by atoms with Crippen LogP contribution in [0.4, 0.5) is 0 Å². The zero-order chi connectivity index (χ0) is 17.0. The van der Waals surface area contributed by atoms with Gasteiger partial charge in [-0.05, 0) is 13.8 Å². The summed E-state index contributed by atoms with van der Waals surface area (Å²) < 4.78 is 25.2. The molecule has 0 aliphatic rings. The van der Waals surface area contributed by atoms with E-state index in [0.29, 0.717) is 11.1 Å². The topological polar surface area (TPSA) is 68.3 Å². The Bertz CT molecular complexity index is 732. The van der Waals surface area contributed by atoms with Gasteiger partial charge in [-0.3, -0.25) is 9.59 Å². The van der Waals surface area contributed by atoms with Gasteiger partial charge >= 0.3 is 0 Å². The summed E-state index contributed by atoms with van der Waals surface area (Å²) in [7, 11) is -3.93. The second-order valence-electron chi connectivity index (χ2n) is 5.33. The molecular weight excluding hydrogens is 312 g/mol. The van der Waals surface area contributed by atoms with Gasteiger partial charge in [0.25, 0.3) is 0 Å². The highest BCUT2D eigenvalue weighted by atomic mass is 32.2. The van der Waals surface area contributed by atoms with E-state index in [1.807, 2.05) is 0 Å². The molecule has 2 aromatic carbocycles. The first-order valence-corrected chi connectivity index (χ1v) is 8.88. The van der Waals surface area contributed by atoms with E-state index in [4.69, 9.17) is 0 Å². The Labute approximate surface area is 136 Å². The van der Waals surface area contributed by atoms with Crippen LogP contribution >= 0.6 is 0 Å². The summed E-state index contributed by atoms with van der Waals surface area (Å²) >= 11 is 0. The summed E-state index contributed by atoms with van der Waals surface area (Å²) in [6.45, 7) is 2.67. The first-order valence-electron chi connectivity index (χ1n) is 7.27. The molecule has 0 saturated carbocycles. The maximum Gasteiger partial charge on any atom is 0.180 e. The Morgan fingerprint density at radius 1 is 0.696 bits per heavy atom. The Morgan fingerprint density at radius 2 is 1.00 bits per heavy atom. The molecule has 0 bridgehead atoms. The third-order valence-corrected chi connectivity index (χ3v) is 6.24. The Balaban J connectivity index is 2.27. The molecule has 2 aromatic rings. The molecule has 120 valence electrons. The number of benzene rings is 2. The van der Waals surface area contributed by atoms with Crippen molar-refractivity contribution in [1.82, 2.24) is 0 Å². The molecule has 0 N–H and O–H groups in total. The molecule has 0 unspecified atom stereocenters. The molecule has 0 aliphatic heterocycles. The SMILES string of the molecule is C[C@H](C(=O)c1ccccc1)S(=O)(=O)[C@H](C)C(=O)c1ccccc1. The Hall–Kier alpha value is -2.27. The minimum Gasteiger partial charge on any atom is -0.293 e. The highest BCUT2D eigenvalue weighted by Crippen LogP contribution is 2.18. The lowest BCUT2D eigenvalue weighted by Crippen LogP contribution is -2.38. The van der Waals surface area contributed by atoms with Crippen LogP contribution in [0.1, 0.15) is 34.6 Å². The van der Waals surface area contributed by atoms with Crippen molar-refractivity contribution in [3.63, 3.8) is 0 Å². The number of rotatable bonds is 6. The number of Topliss-reactive ketones (excluding diaryl/α,β-unsaturated/α-hetero) is 2. The van der Waals surface area contributed by atoms with E-state index in [0.717, 1.165) is 0 Å². The molecule has 0 saturated heterocycles. The van der Waals surface area contributed by atoms with Crippen LogP contribution in [0.5, 0.6) is 0 Å². The molecule has 4 nitrogen and oxygen atoms in total. The van der Waals surface area contributed by atoms with Crippen molar-refractivity contribution in [2.45, 2.75) is 24.3 Å². The van der Waals surface area contributed by atoms with E-state index >= 15 is 0 Å². The fraction of sp³-hybridized carbons (Fsp3) is 0.222. The van der Waals surface area contributed by atoms with Crippen LogP contribution in [0.2, 0.25) is 0 Å². The van der Waals surface area contributed by atoms with Crippen LogP contribution in [-0.2, 0) is 9.84 Å². The molecule has 0 heterocycles. The van der Waals surface area contributed by atoms with Gasteiger partial charge in [0.15, 0.2) is 21.4 Å². The molecule has 2 rings (SSSR count). The van der Waals surface area contributed by atoms with Gasteiger partial charge in [0.05, 0.1) is 0 Å². The summed E-state index contributed by atoms with van der Waals surface area (Å²) in [5, 5.41) is -2.54. The second kappa shape index (κ2) is 6.87. The van der Waals surface area contributed by atoms with Crippen LogP contribution in [0, 0.1) is 0 Å². The fourth-order valence-electron chi connectivity index (χ4n) is 2.28. The van der Waals surface area contributed by atoms with Crippen molar-refractivity contribution in [2.24, 2.45) is 0 Å². The number of hydrogen-bond donors (Lipinski definition) is 0. The number of carbonyl (C=O) groups excluding carboxylic acids is 2. The maximum absolute atomic E-state index is 12.6. The first kappa shape index (κ1) is 17.1. The smallest absolute Gasteiger partial charge is 0.180 e. The van der Waals surface area contributed by atoms with Crippen LogP contribution in [-0.4, -0.2) is 30.5 Å². The molecule has 2 atom stereocenters. The van der Waals surface area contributed by atoms with E-state index in [-0.39, 0.29) is 0 Å². The van der Waals surface area contributed by atoms with Crippen molar-refractivity contribution in [3.05, 3.63) is 71.8 Å². The van der Waals surface area contributed by atoms with Gasteiger partial charge in [-0.25, -0.2) is 8.42 Å². The van der Waals surface area contributed by atoms with Crippen molar-refractivity contribution >= 4 is 21.4 Å². The number of ketones is 2. The molecule has 23 heavy (non-hydrogen) atoms. The van der Waals surface area contributed by atoms with E-state index in [1.54, 1.807) is 60.7 Å². The molecule has 0 aliphatic carbocycles. The quantitative estimate of drug-likeness (QED) is 0.764. The Kier molecular flexibility index (Phi) is 5.11. The molecule has 0 amide bonds. The average Bonchev–Trinajstić information content (AvgIpc) is 2.60. The van der Waals surface area contributed by atoms with Crippen LogP contribution in [0.15, 0.2) is 60.7 Å². The van der Waals surface area contributed by atoms with E-state index in [1.165, 1.54) is 13.8 Å². The van der Waals surface area contributed by atoms with Gasteiger partial charge in [0, 0.05) is 11.1 Å². The summed E-state index contributed by atoms with van der Waals surface area (Å²) in [6.07, 6.45) is 0. The van der Waals surface area contributed by atoms with Gasteiger partial charge in [-0.1, -0.05) is 60.7 Å². The standard InChI is InChI=1S/C18H18O4S/c1-13(17(19)15-9-5-3-6-10-15)23(21,22)14(2)18(20)16-11-7-4-8-12-16/h3-14H,1-2H3/t13-,14-/m1/s1. The van der Waals surface area contributed by atoms with E-state index in [2.05, 4.69) is 0 Å². The summed E-state index contributed by atoms with van der Waals surface area (Å²) in [4.78, 5) is 24.7. The minimum absolute atomic E-state index is 0.322. The van der Waals surface area contributed by atoms with Crippen molar-refractivity contribution in [2.75, 3.05) is 0 Å². The van der Waals surface area contributed by atoms with Gasteiger partial charge in [-0.15, -0.1) is 0 Å². The van der Waals surface area contributed by atoms with Crippen molar-refractivity contribution in [1.29, 1.82) is 0 Å². The minimum atomic E-state index is -3.93. The normalized spacial score (nSPS) is 14.0. The second-order valence-corrected chi connectivity index (χ2v) is 7.93. The fourth-order valence-corrected chi connectivity index (χ4v) is 3.76. The van der Waals surface area contributed by atoms with Crippen molar-refractivity contribution < 1.29 is 18.0 Å². The van der Waals surface area contributed by atoms with Crippen LogP contribution < -0.4 is 0 Å². The molecular formula is C18H18O4S. The third-order valence-electron chi connectivity index (χ3n) is 3.84. The Morgan fingerprint density at radius 3 is 1.30 bits per heavy atom. The third kappa shape index (κ3) is 3.56. The molecule has 0 aromatic heterocycles. The summed E-state index contributed by atoms with van der Waals surface area (Å²) in [6, 6.07) is 16.5. The van der Waals surface area contributed by atoms with Gasteiger partial charge in [-0.2, -0.15) is 0 Å². The highest BCUT2D eigenvalue weighted by Gasteiger charge is 2.37. The van der Waals surface area contributed by atoms with E-state index < -0.39 is 31.9 Å². The maximum atomic E-state index is 12.6. The lowest BCUT2D eigenvalue weighted by molar-refractivity contribution is 0.0987. The van der Waals surface area contributed by atoms with Gasteiger partial charge in [0.2, 0.25) is 0 Å². The monoisotopic (exact) mass is 330 g/mol. The summed E-state index contributed by atoms with van der Waals surface area (Å²) in [5.41, 5.74) is 0.644. The molecule has 0 fully saturated rings. The predicted molar refractivity (Wildman–Crippen MR) is 89.4 cm³/mol. The van der Waals surface area contributed by atoms with E-state index in [9.17, 15) is 18.0 Å². The zero-order valence-corrected chi connectivity index (χ0v) is 13.8. The first-order chi connectivity index (χ1) is 10.9. The highest BCUT2D eigenvalue weighted by molar-refractivity contribution is 7.94. The molecule has 0 spiro atoms. The molecule has 5 heteroatoms. The number of carbonyl (C=O) groups is 2. The largest absolute Gasteiger partial charge is 0.293 e. The predicted octanol–water partition coefficient (Wildman–Crippen LogP) is 2.94. The van der Waals surface area contributed by atoms with Crippen LogP contribution in [0.3, 0.4) is 0 Å². The van der Waals surface area contributed by atoms with Crippen molar-refractivity contribution in [3.8, 4) is 0 Å². The average molecular weight is 330 g/mol. The zero-order valence-electron chi connectivity index (χ0n) is 13.0. The lowest BCUT2D eigenvalue weighted by Gasteiger charge is -2.17. The number of sulfone groups is 1. The number of hydrogen-bond acceptors (Lipinski definition) is 4. The van der Waals surface area contributed by atoms with Gasteiger partial charge < -0.3 is 0 Å².